The number of hydrogen-bond acceptors (Lipinski definition) is 3. The Kier molecular flexibility index (Phi) is 4.76. The molecule has 5 heteroatoms. The van der Waals surface area contributed by atoms with Crippen molar-refractivity contribution in [3.05, 3.63) is 29.6 Å². The quantitative estimate of drug-likeness (QED) is 0.843. The monoisotopic (exact) mass is 283 g/mol. The minimum atomic E-state index is -0.946. The highest BCUT2D eigenvalue weighted by Gasteiger charge is 2.42. The van der Waals surface area contributed by atoms with Gasteiger partial charge in [0.15, 0.2) is 11.6 Å². The van der Waals surface area contributed by atoms with E-state index in [9.17, 15) is 14.3 Å². The van der Waals surface area contributed by atoms with Crippen molar-refractivity contribution >= 4 is 5.97 Å². The normalized spacial score (nSPS) is 12.3. The molecule has 0 saturated heterocycles. The lowest BCUT2D eigenvalue weighted by atomic mass is 9.74. The minimum absolute atomic E-state index is 0.193. The number of methoxy groups -OCH3 is 1. The number of aliphatic carboxylic acids is 1. The van der Waals surface area contributed by atoms with E-state index in [-0.39, 0.29) is 5.75 Å². The van der Waals surface area contributed by atoms with Crippen LogP contribution >= 0.6 is 0 Å². The van der Waals surface area contributed by atoms with Crippen LogP contribution in [0.5, 0.6) is 5.75 Å². The van der Waals surface area contributed by atoms with Crippen molar-refractivity contribution in [1.82, 2.24) is 5.32 Å². The van der Waals surface area contributed by atoms with E-state index in [1.807, 2.05) is 13.8 Å². The second-order valence-electron chi connectivity index (χ2n) is 5.88. The van der Waals surface area contributed by atoms with Crippen LogP contribution in [0, 0.1) is 11.2 Å². The molecular formula is C15H22FNO3. The van der Waals surface area contributed by atoms with E-state index in [1.165, 1.54) is 13.2 Å². The Labute approximate surface area is 119 Å². The molecule has 0 aromatic heterocycles. The molecule has 2 N–H and O–H groups in total. The van der Waals surface area contributed by atoms with Gasteiger partial charge in [-0.1, -0.05) is 6.07 Å². The first-order valence-electron chi connectivity index (χ1n) is 6.42. The summed E-state index contributed by atoms with van der Waals surface area (Å²) >= 11 is 0. The van der Waals surface area contributed by atoms with Crippen molar-refractivity contribution in [2.75, 3.05) is 7.11 Å². The maximum Gasteiger partial charge on any atom is 0.310 e. The molecule has 0 radical (unpaired) electrons. The van der Waals surface area contributed by atoms with Crippen molar-refractivity contribution in [3.8, 4) is 5.75 Å². The molecule has 1 aromatic carbocycles. The van der Waals surface area contributed by atoms with E-state index in [1.54, 1.807) is 26.0 Å². The molecule has 0 unspecified atom stereocenters. The van der Waals surface area contributed by atoms with Gasteiger partial charge in [0.25, 0.3) is 0 Å². The van der Waals surface area contributed by atoms with E-state index in [2.05, 4.69) is 5.32 Å². The fraction of sp³-hybridized carbons (Fsp3) is 0.533. The zero-order valence-corrected chi connectivity index (χ0v) is 12.6. The van der Waals surface area contributed by atoms with Gasteiger partial charge in [-0.2, -0.15) is 0 Å². The van der Waals surface area contributed by atoms with Crippen LogP contribution in [0.25, 0.3) is 0 Å². The van der Waals surface area contributed by atoms with Crippen molar-refractivity contribution in [1.29, 1.82) is 0 Å². The highest BCUT2D eigenvalue weighted by Crippen LogP contribution is 2.31. The van der Waals surface area contributed by atoms with Gasteiger partial charge in [-0.3, -0.25) is 4.79 Å². The largest absolute Gasteiger partial charge is 0.494 e. The summed E-state index contributed by atoms with van der Waals surface area (Å²) in [5.74, 6) is -1.11. The first kappa shape index (κ1) is 16.4. The summed E-state index contributed by atoms with van der Waals surface area (Å²) in [4.78, 5) is 11.3. The summed E-state index contributed by atoms with van der Waals surface area (Å²) in [6.45, 7) is 7.35. The van der Waals surface area contributed by atoms with Crippen LogP contribution in [0.2, 0.25) is 0 Å². The lowest BCUT2D eigenvalue weighted by Crippen LogP contribution is -2.54. The number of ether oxygens (including phenoxy) is 1. The van der Waals surface area contributed by atoms with Crippen molar-refractivity contribution < 1.29 is 19.0 Å². The van der Waals surface area contributed by atoms with E-state index in [0.29, 0.717) is 6.54 Å². The van der Waals surface area contributed by atoms with Crippen molar-refractivity contribution in [2.24, 2.45) is 5.41 Å². The number of carboxylic acid groups (broad SMARTS) is 1. The standard InChI is InChI=1S/C15H22FNO3/c1-14(2,13(18)19)15(3,4)17-9-10-6-7-12(20-5)11(16)8-10/h6-8,17H,9H2,1-5H3,(H,18,19). The molecule has 0 aliphatic heterocycles. The number of carboxylic acids is 1. The molecule has 0 bridgehead atoms. The fourth-order valence-electron chi connectivity index (χ4n) is 1.63. The Morgan fingerprint density at radius 3 is 2.40 bits per heavy atom. The van der Waals surface area contributed by atoms with Gasteiger partial charge in [0.1, 0.15) is 0 Å². The molecule has 1 aromatic rings. The number of carbonyl (C=O) groups is 1. The summed E-state index contributed by atoms with van der Waals surface area (Å²) < 4.78 is 18.4. The number of rotatable bonds is 6. The van der Waals surface area contributed by atoms with Crippen LogP contribution in [0.3, 0.4) is 0 Å². The van der Waals surface area contributed by atoms with E-state index >= 15 is 0 Å². The second-order valence-corrected chi connectivity index (χ2v) is 5.88. The summed E-state index contributed by atoms with van der Waals surface area (Å²) in [5.41, 5.74) is -0.856. The number of halogens is 1. The maximum atomic E-state index is 13.6. The van der Waals surface area contributed by atoms with Crippen molar-refractivity contribution in [2.45, 2.75) is 39.8 Å². The summed E-state index contributed by atoms with van der Waals surface area (Å²) in [5, 5.41) is 12.4. The van der Waals surface area contributed by atoms with Crippen LogP contribution in [0.4, 0.5) is 4.39 Å². The predicted octanol–water partition coefficient (Wildman–Crippen LogP) is 2.81. The predicted molar refractivity (Wildman–Crippen MR) is 75.3 cm³/mol. The van der Waals surface area contributed by atoms with Gasteiger partial charge in [0.2, 0.25) is 0 Å². The molecule has 1 rings (SSSR count). The molecular weight excluding hydrogens is 261 g/mol. The Bertz CT molecular complexity index is 498. The smallest absolute Gasteiger partial charge is 0.310 e. The topological polar surface area (TPSA) is 58.6 Å². The SMILES string of the molecule is COc1ccc(CNC(C)(C)C(C)(C)C(=O)O)cc1F. The zero-order chi connectivity index (χ0) is 15.6. The van der Waals surface area contributed by atoms with E-state index < -0.39 is 22.7 Å². The Morgan fingerprint density at radius 2 is 1.95 bits per heavy atom. The van der Waals surface area contributed by atoms with Gasteiger partial charge in [0, 0.05) is 12.1 Å². The highest BCUT2D eigenvalue weighted by atomic mass is 19.1. The summed E-state index contributed by atoms with van der Waals surface area (Å²) in [7, 11) is 1.41. The molecule has 0 aliphatic carbocycles. The fourth-order valence-corrected chi connectivity index (χ4v) is 1.63. The minimum Gasteiger partial charge on any atom is -0.494 e. The molecule has 20 heavy (non-hydrogen) atoms. The molecule has 0 saturated carbocycles. The Balaban J connectivity index is 2.81. The van der Waals surface area contributed by atoms with Crippen LogP contribution in [0.15, 0.2) is 18.2 Å². The van der Waals surface area contributed by atoms with Gasteiger partial charge in [0.05, 0.1) is 12.5 Å². The molecule has 112 valence electrons. The number of benzene rings is 1. The molecule has 0 heterocycles. The number of hydrogen-bond donors (Lipinski definition) is 2. The Hall–Kier alpha value is -1.62. The Morgan fingerprint density at radius 1 is 1.35 bits per heavy atom. The molecule has 0 fully saturated rings. The van der Waals surface area contributed by atoms with Crippen LogP contribution in [-0.4, -0.2) is 23.7 Å². The first-order chi connectivity index (χ1) is 9.11. The van der Waals surface area contributed by atoms with Crippen LogP contribution < -0.4 is 10.1 Å². The highest BCUT2D eigenvalue weighted by molar-refractivity contribution is 5.75. The lowest BCUT2D eigenvalue weighted by molar-refractivity contribution is -0.151. The lowest BCUT2D eigenvalue weighted by Gasteiger charge is -2.39. The van der Waals surface area contributed by atoms with Gasteiger partial charge in [-0.25, -0.2) is 4.39 Å². The van der Waals surface area contributed by atoms with E-state index in [4.69, 9.17) is 4.74 Å². The van der Waals surface area contributed by atoms with Crippen LogP contribution in [0.1, 0.15) is 33.3 Å². The van der Waals surface area contributed by atoms with Crippen molar-refractivity contribution in [3.63, 3.8) is 0 Å². The van der Waals surface area contributed by atoms with Gasteiger partial charge >= 0.3 is 5.97 Å². The van der Waals surface area contributed by atoms with Gasteiger partial charge in [-0.15, -0.1) is 0 Å². The third-order valence-electron chi connectivity index (χ3n) is 4.05. The number of nitrogens with one attached hydrogen (secondary N) is 1. The second kappa shape index (κ2) is 5.79. The van der Waals surface area contributed by atoms with Gasteiger partial charge in [-0.05, 0) is 45.4 Å². The maximum absolute atomic E-state index is 13.6. The molecule has 0 spiro atoms. The molecule has 0 amide bonds. The average Bonchev–Trinajstić information content (AvgIpc) is 2.36. The third-order valence-corrected chi connectivity index (χ3v) is 4.05. The first-order valence-corrected chi connectivity index (χ1v) is 6.42. The zero-order valence-electron chi connectivity index (χ0n) is 12.6. The molecule has 4 nitrogen and oxygen atoms in total. The van der Waals surface area contributed by atoms with Crippen LogP contribution in [-0.2, 0) is 11.3 Å². The molecule has 0 atom stereocenters. The summed E-state index contributed by atoms with van der Waals surface area (Å²) in [6.07, 6.45) is 0. The molecule has 0 aliphatic rings. The summed E-state index contributed by atoms with van der Waals surface area (Å²) in [6, 6.07) is 4.69. The van der Waals surface area contributed by atoms with Gasteiger partial charge < -0.3 is 15.2 Å². The third kappa shape index (κ3) is 3.28. The average molecular weight is 283 g/mol. The van der Waals surface area contributed by atoms with E-state index in [0.717, 1.165) is 5.56 Å².